The van der Waals surface area contributed by atoms with Crippen molar-refractivity contribution in [1.29, 1.82) is 0 Å². The van der Waals surface area contributed by atoms with Gasteiger partial charge in [-0.1, -0.05) is 18.2 Å². The van der Waals surface area contributed by atoms with Crippen LogP contribution in [0.5, 0.6) is 5.88 Å². The molecule has 0 unspecified atom stereocenters. The molecule has 1 aromatic heterocycles. The summed E-state index contributed by atoms with van der Waals surface area (Å²) in [7, 11) is 0. The van der Waals surface area contributed by atoms with E-state index in [1.165, 1.54) is 42.5 Å². The summed E-state index contributed by atoms with van der Waals surface area (Å²) in [6, 6.07) is 15.1. The molecule has 0 atom stereocenters. The number of benzene rings is 2. The molecule has 0 bridgehead atoms. The van der Waals surface area contributed by atoms with Crippen LogP contribution in [0, 0.1) is 5.92 Å². The van der Waals surface area contributed by atoms with Crippen molar-refractivity contribution in [2.75, 3.05) is 37.7 Å². The lowest BCUT2D eigenvalue weighted by molar-refractivity contribution is 0.209. The van der Waals surface area contributed by atoms with Crippen molar-refractivity contribution < 1.29 is 4.74 Å². The number of anilines is 1. The van der Waals surface area contributed by atoms with Crippen LogP contribution in [0.3, 0.4) is 0 Å². The number of hydrogen-bond acceptors (Lipinski definition) is 5. The average Bonchev–Trinajstić information content (AvgIpc) is 3.33. The van der Waals surface area contributed by atoms with Crippen molar-refractivity contribution in [1.82, 2.24) is 15.3 Å². The molecule has 2 aliphatic rings. The summed E-state index contributed by atoms with van der Waals surface area (Å²) in [6.07, 6.45) is 6.65. The number of nitrogens with one attached hydrogen (secondary N) is 1. The van der Waals surface area contributed by atoms with Gasteiger partial charge in [0.05, 0.1) is 23.8 Å². The first-order chi connectivity index (χ1) is 14.3. The Morgan fingerprint density at radius 2 is 1.79 bits per heavy atom. The molecule has 2 saturated heterocycles. The molecule has 0 amide bonds. The third kappa shape index (κ3) is 4.20. The minimum absolute atomic E-state index is 0.605. The summed E-state index contributed by atoms with van der Waals surface area (Å²) in [6.45, 7) is 5.20. The maximum Gasteiger partial charge on any atom is 0.232 e. The van der Waals surface area contributed by atoms with Crippen LogP contribution in [-0.2, 0) is 0 Å². The lowest BCUT2D eigenvalue weighted by Gasteiger charge is -2.22. The largest absolute Gasteiger partial charge is 0.476 e. The number of ether oxygens (including phenoxy) is 1. The zero-order valence-electron chi connectivity index (χ0n) is 16.8. The second kappa shape index (κ2) is 8.37. The highest BCUT2D eigenvalue weighted by Gasteiger charge is 2.15. The van der Waals surface area contributed by atoms with Crippen LogP contribution in [0.4, 0.5) is 5.69 Å². The SMILES string of the molecule is c1cc(-c2ccc3ncc(OCC4CCNCC4)nc3c2)cc(N2CCCC2)c1. The Morgan fingerprint density at radius 3 is 2.66 bits per heavy atom. The number of piperidine rings is 1. The van der Waals surface area contributed by atoms with Crippen molar-refractivity contribution in [3.8, 4) is 17.0 Å². The molecular formula is C24H28N4O. The van der Waals surface area contributed by atoms with Gasteiger partial charge < -0.3 is 15.0 Å². The molecule has 2 aliphatic heterocycles. The molecule has 2 aromatic carbocycles. The van der Waals surface area contributed by atoms with Gasteiger partial charge in [0.25, 0.3) is 0 Å². The third-order valence-corrected chi connectivity index (χ3v) is 6.10. The van der Waals surface area contributed by atoms with Gasteiger partial charge >= 0.3 is 0 Å². The Morgan fingerprint density at radius 1 is 0.966 bits per heavy atom. The summed E-state index contributed by atoms with van der Waals surface area (Å²) in [4.78, 5) is 11.8. The first-order valence-electron chi connectivity index (χ1n) is 10.8. The van der Waals surface area contributed by atoms with Crippen LogP contribution in [0.2, 0.25) is 0 Å². The van der Waals surface area contributed by atoms with E-state index in [0.29, 0.717) is 11.8 Å². The highest BCUT2D eigenvalue weighted by molar-refractivity contribution is 5.82. The Balaban J connectivity index is 1.37. The average molecular weight is 389 g/mol. The molecule has 5 heteroatoms. The lowest BCUT2D eigenvalue weighted by Crippen LogP contribution is -2.30. The zero-order valence-corrected chi connectivity index (χ0v) is 16.8. The molecule has 0 spiro atoms. The number of aromatic nitrogens is 2. The predicted octanol–water partition coefficient (Wildman–Crippen LogP) is 4.28. The zero-order chi connectivity index (χ0) is 19.5. The standard InChI is InChI=1S/C24H28N4O/c1-2-13-28(12-1)21-5-3-4-19(14-21)20-6-7-22-23(15-20)27-24(16-26-22)29-17-18-8-10-25-11-9-18/h3-7,14-16,18,25H,1-2,8-13,17H2. The molecule has 150 valence electrons. The van der Waals surface area contributed by atoms with Crippen LogP contribution in [0.15, 0.2) is 48.7 Å². The van der Waals surface area contributed by atoms with E-state index >= 15 is 0 Å². The molecule has 5 rings (SSSR count). The van der Waals surface area contributed by atoms with Gasteiger partial charge in [0, 0.05) is 18.8 Å². The second-order valence-corrected chi connectivity index (χ2v) is 8.16. The molecule has 2 fully saturated rings. The van der Waals surface area contributed by atoms with Crippen LogP contribution < -0.4 is 15.0 Å². The van der Waals surface area contributed by atoms with Gasteiger partial charge in [-0.3, -0.25) is 0 Å². The molecule has 1 N–H and O–H groups in total. The lowest BCUT2D eigenvalue weighted by atomic mass is 9.99. The number of fused-ring (bicyclic) bond motifs is 1. The van der Waals surface area contributed by atoms with Crippen molar-refractivity contribution in [3.63, 3.8) is 0 Å². The molecule has 29 heavy (non-hydrogen) atoms. The van der Waals surface area contributed by atoms with E-state index < -0.39 is 0 Å². The quantitative estimate of drug-likeness (QED) is 0.707. The fourth-order valence-corrected chi connectivity index (χ4v) is 4.35. The number of rotatable bonds is 5. The summed E-state index contributed by atoms with van der Waals surface area (Å²) < 4.78 is 5.98. The van der Waals surface area contributed by atoms with Crippen LogP contribution in [-0.4, -0.2) is 42.8 Å². The molecule has 0 radical (unpaired) electrons. The van der Waals surface area contributed by atoms with Crippen molar-refractivity contribution in [3.05, 3.63) is 48.7 Å². The maximum atomic E-state index is 5.98. The van der Waals surface area contributed by atoms with Gasteiger partial charge in [0.15, 0.2) is 0 Å². The molecule has 5 nitrogen and oxygen atoms in total. The Labute approximate surface area is 172 Å². The summed E-state index contributed by atoms with van der Waals surface area (Å²) in [5.74, 6) is 1.23. The summed E-state index contributed by atoms with van der Waals surface area (Å²) in [5.41, 5.74) is 5.49. The van der Waals surface area contributed by atoms with E-state index in [2.05, 4.69) is 57.7 Å². The molecule has 0 saturated carbocycles. The monoisotopic (exact) mass is 388 g/mol. The van der Waals surface area contributed by atoms with Gasteiger partial charge in [0.1, 0.15) is 0 Å². The second-order valence-electron chi connectivity index (χ2n) is 8.16. The summed E-state index contributed by atoms with van der Waals surface area (Å²) in [5, 5.41) is 3.39. The summed E-state index contributed by atoms with van der Waals surface area (Å²) >= 11 is 0. The highest BCUT2D eigenvalue weighted by atomic mass is 16.5. The minimum Gasteiger partial charge on any atom is -0.476 e. The third-order valence-electron chi connectivity index (χ3n) is 6.10. The number of hydrogen-bond donors (Lipinski definition) is 1. The van der Waals surface area contributed by atoms with E-state index in [1.54, 1.807) is 6.20 Å². The molecule has 0 aliphatic carbocycles. The van der Waals surface area contributed by atoms with E-state index in [4.69, 9.17) is 9.72 Å². The predicted molar refractivity (Wildman–Crippen MR) is 118 cm³/mol. The van der Waals surface area contributed by atoms with Gasteiger partial charge in [-0.2, -0.15) is 0 Å². The Kier molecular flexibility index (Phi) is 5.31. The van der Waals surface area contributed by atoms with Crippen LogP contribution >= 0.6 is 0 Å². The van der Waals surface area contributed by atoms with Crippen LogP contribution in [0.25, 0.3) is 22.2 Å². The van der Waals surface area contributed by atoms with E-state index in [-0.39, 0.29) is 0 Å². The molecular weight excluding hydrogens is 360 g/mol. The first-order valence-corrected chi connectivity index (χ1v) is 10.8. The van der Waals surface area contributed by atoms with Crippen LogP contribution in [0.1, 0.15) is 25.7 Å². The van der Waals surface area contributed by atoms with Crippen molar-refractivity contribution in [2.45, 2.75) is 25.7 Å². The number of nitrogens with zero attached hydrogens (tertiary/aromatic N) is 3. The topological polar surface area (TPSA) is 50.3 Å². The van der Waals surface area contributed by atoms with Gasteiger partial charge in [-0.15, -0.1) is 0 Å². The fourth-order valence-electron chi connectivity index (χ4n) is 4.35. The molecule has 3 aromatic rings. The first kappa shape index (κ1) is 18.4. The minimum atomic E-state index is 0.605. The Hall–Kier alpha value is -2.66. The maximum absolute atomic E-state index is 5.98. The van der Waals surface area contributed by atoms with Crippen molar-refractivity contribution >= 4 is 16.7 Å². The van der Waals surface area contributed by atoms with E-state index in [0.717, 1.165) is 43.8 Å². The highest BCUT2D eigenvalue weighted by Crippen LogP contribution is 2.29. The van der Waals surface area contributed by atoms with Gasteiger partial charge in [-0.05, 0) is 80.1 Å². The smallest absolute Gasteiger partial charge is 0.232 e. The van der Waals surface area contributed by atoms with E-state index in [1.807, 2.05) is 0 Å². The molecule has 3 heterocycles. The fraction of sp³-hybridized carbons (Fsp3) is 0.417. The van der Waals surface area contributed by atoms with Crippen molar-refractivity contribution in [2.24, 2.45) is 5.92 Å². The van der Waals surface area contributed by atoms with Gasteiger partial charge in [0.2, 0.25) is 5.88 Å². The Bertz CT molecular complexity index is 978. The van der Waals surface area contributed by atoms with E-state index in [9.17, 15) is 0 Å². The normalized spacial score (nSPS) is 17.7. The van der Waals surface area contributed by atoms with Gasteiger partial charge in [-0.25, -0.2) is 9.97 Å².